The number of rotatable bonds is 6. The Labute approximate surface area is 108 Å². The summed E-state index contributed by atoms with van der Waals surface area (Å²) in [6, 6.07) is 3.16. The highest BCUT2D eigenvalue weighted by Crippen LogP contribution is 2.26. The van der Waals surface area contributed by atoms with Crippen LogP contribution < -0.4 is 5.32 Å². The fourth-order valence-corrected chi connectivity index (χ4v) is 2.45. The van der Waals surface area contributed by atoms with Crippen molar-refractivity contribution in [2.24, 2.45) is 0 Å². The first-order chi connectivity index (χ1) is 8.72. The van der Waals surface area contributed by atoms with Crippen molar-refractivity contribution in [1.29, 1.82) is 0 Å². The molecule has 2 heterocycles. The lowest BCUT2D eigenvalue weighted by atomic mass is 10.2. The molecule has 0 fully saturated rings. The summed E-state index contributed by atoms with van der Waals surface area (Å²) in [5.74, 6) is -0.293. The van der Waals surface area contributed by atoms with Crippen LogP contribution in [0.15, 0.2) is 23.7 Å². The zero-order chi connectivity index (χ0) is 13.0. The molecule has 1 unspecified atom stereocenters. The molecule has 0 aliphatic heterocycles. The zero-order valence-corrected chi connectivity index (χ0v) is 10.7. The fraction of sp³-hybridized carbons (Fsp3) is 0.333. The van der Waals surface area contributed by atoms with Gasteiger partial charge in [0.1, 0.15) is 11.9 Å². The molecule has 0 radical (unpaired) electrons. The van der Waals surface area contributed by atoms with Crippen LogP contribution in [0.4, 0.5) is 5.82 Å². The molecule has 1 atom stereocenters. The van der Waals surface area contributed by atoms with Gasteiger partial charge < -0.3 is 15.2 Å². The summed E-state index contributed by atoms with van der Waals surface area (Å²) in [5, 5.41) is 15.0. The van der Waals surface area contributed by atoms with E-state index in [-0.39, 0.29) is 0 Å². The first-order valence-electron chi connectivity index (χ1n) is 5.53. The van der Waals surface area contributed by atoms with E-state index in [4.69, 9.17) is 9.84 Å². The first-order valence-corrected chi connectivity index (χ1v) is 6.41. The number of pyridine rings is 1. The summed E-state index contributed by atoms with van der Waals surface area (Å²) in [7, 11) is 1.55. The minimum Gasteiger partial charge on any atom is -0.480 e. The zero-order valence-electron chi connectivity index (χ0n) is 9.92. The number of nitrogens with one attached hydrogen (secondary N) is 1. The number of methoxy groups -OCH3 is 1. The van der Waals surface area contributed by atoms with Gasteiger partial charge in [-0.2, -0.15) is 0 Å². The third kappa shape index (κ3) is 2.77. The monoisotopic (exact) mass is 266 g/mol. The number of carboxylic acid groups (broad SMARTS) is 1. The van der Waals surface area contributed by atoms with Gasteiger partial charge in [0.25, 0.3) is 0 Å². The minimum absolute atomic E-state index is 0.392. The van der Waals surface area contributed by atoms with E-state index in [2.05, 4.69) is 10.3 Å². The second-order valence-corrected chi connectivity index (χ2v) is 4.76. The average Bonchev–Trinajstić information content (AvgIpc) is 2.83. The molecule has 0 spiro atoms. The number of aromatic nitrogens is 1. The van der Waals surface area contributed by atoms with Crippen molar-refractivity contribution in [1.82, 2.24) is 4.98 Å². The highest BCUT2D eigenvalue weighted by Gasteiger charge is 2.18. The van der Waals surface area contributed by atoms with E-state index in [0.29, 0.717) is 18.8 Å². The Kier molecular flexibility index (Phi) is 4.11. The van der Waals surface area contributed by atoms with E-state index in [0.717, 1.165) is 10.1 Å². The molecule has 2 rings (SSSR count). The molecule has 2 aromatic rings. The van der Waals surface area contributed by atoms with Gasteiger partial charge in [0.05, 0.1) is 0 Å². The standard InChI is InChI=1S/C12H14N2O3S/c1-17-6-3-9(12(15)16)14-11-8-4-7-18-10(8)2-5-13-11/h2,4-5,7,9H,3,6H2,1H3,(H,13,14)(H,15,16). The Morgan fingerprint density at radius 1 is 1.61 bits per heavy atom. The van der Waals surface area contributed by atoms with Gasteiger partial charge in [0, 0.05) is 36.4 Å². The third-order valence-electron chi connectivity index (χ3n) is 2.60. The maximum atomic E-state index is 11.1. The molecule has 0 aliphatic rings. The van der Waals surface area contributed by atoms with Gasteiger partial charge in [-0.05, 0) is 17.5 Å². The van der Waals surface area contributed by atoms with Gasteiger partial charge in [-0.1, -0.05) is 0 Å². The lowest BCUT2D eigenvalue weighted by Crippen LogP contribution is -2.30. The summed E-state index contributed by atoms with van der Waals surface area (Å²) < 4.78 is 6.00. The van der Waals surface area contributed by atoms with Crippen molar-refractivity contribution in [3.63, 3.8) is 0 Å². The molecular weight excluding hydrogens is 252 g/mol. The highest BCUT2D eigenvalue weighted by molar-refractivity contribution is 7.17. The van der Waals surface area contributed by atoms with Crippen molar-refractivity contribution >= 4 is 33.2 Å². The second-order valence-electron chi connectivity index (χ2n) is 3.81. The van der Waals surface area contributed by atoms with Crippen LogP contribution in [0.5, 0.6) is 0 Å². The van der Waals surface area contributed by atoms with Crippen LogP contribution in [0.1, 0.15) is 6.42 Å². The van der Waals surface area contributed by atoms with Crippen LogP contribution in [0, 0.1) is 0 Å². The van der Waals surface area contributed by atoms with Crippen LogP contribution in [0.2, 0.25) is 0 Å². The molecular formula is C12H14N2O3S. The second kappa shape index (κ2) is 5.79. The summed E-state index contributed by atoms with van der Waals surface area (Å²) in [6.45, 7) is 0.392. The topological polar surface area (TPSA) is 71.5 Å². The fourth-order valence-electron chi connectivity index (χ4n) is 1.67. The average molecular weight is 266 g/mol. The maximum absolute atomic E-state index is 11.1. The predicted octanol–water partition coefficient (Wildman–Crippen LogP) is 2.20. The number of anilines is 1. The van der Waals surface area contributed by atoms with Crippen molar-refractivity contribution in [3.8, 4) is 0 Å². The van der Waals surface area contributed by atoms with Crippen molar-refractivity contribution < 1.29 is 14.6 Å². The molecule has 2 aromatic heterocycles. The van der Waals surface area contributed by atoms with E-state index in [1.54, 1.807) is 24.6 Å². The molecule has 18 heavy (non-hydrogen) atoms. The number of carboxylic acids is 1. The quantitative estimate of drug-likeness (QED) is 0.838. The normalized spacial score (nSPS) is 12.5. The SMILES string of the molecule is COCCC(Nc1nccc2sccc12)C(=O)O. The largest absolute Gasteiger partial charge is 0.480 e. The molecule has 6 heteroatoms. The molecule has 96 valence electrons. The van der Waals surface area contributed by atoms with Crippen LogP contribution >= 0.6 is 11.3 Å². The molecule has 0 saturated heterocycles. The number of hydrogen-bond donors (Lipinski definition) is 2. The van der Waals surface area contributed by atoms with Crippen LogP contribution in [0.25, 0.3) is 10.1 Å². The number of carbonyl (C=O) groups is 1. The van der Waals surface area contributed by atoms with Gasteiger partial charge in [-0.25, -0.2) is 9.78 Å². The number of nitrogens with zero attached hydrogens (tertiary/aromatic N) is 1. The van der Waals surface area contributed by atoms with Crippen molar-refractivity contribution in [3.05, 3.63) is 23.7 Å². The van der Waals surface area contributed by atoms with Crippen molar-refractivity contribution in [2.45, 2.75) is 12.5 Å². The van der Waals surface area contributed by atoms with E-state index in [1.165, 1.54) is 0 Å². The Bertz CT molecular complexity index is 541. The maximum Gasteiger partial charge on any atom is 0.326 e. The third-order valence-corrected chi connectivity index (χ3v) is 3.48. The summed E-state index contributed by atoms with van der Waals surface area (Å²) in [4.78, 5) is 15.3. The first kappa shape index (κ1) is 12.8. The van der Waals surface area contributed by atoms with Crippen LogP contribution in [-0.2, 0) is 9.53 Å². The van der Waals surface area contributed by atoms with Gasteiger partial charge in [0.15, 0.2) is 0 Å². The van der Waals surface area contributed by atoms with Crippen LogP contribution in [-0.4, -0.2) is 35.8 Å². The summed E-state index contributed by atoms with van der Waals surface area (Å²) >= 11 is 1.60. The Morgan fingerprint density at radius 2 is 2.44 bits per heavy atom. The Hall–Kier alpha value is -1.66. The predicted molar refractivity (Wildman–Crippen MR) is 71.2 cm³/mol. The smallest absolute Gasteiger partial charge is 0.326 e. The number of hydrogen-bond acceptors (Lipinski definition) is 5. The summed E-state index contributed by atoms with van der Waals surface area (Å²) in [6.07, 6.45) is 2.07. The lowest BCUT2D eigenvalue weighted by molar-refractivity contribution is -0.138. The number of ether oxygens (including phenoxy) is 1. The Balaban J connectivity index is 2.20. The number of fused-ring (bicyclic) bond motifs is 1. The lowest BCUT2D eigenvalue weighted by Gasteiger charge is -2.15. The number of aliphatic carboxylic acids is 1. The van der Waals surface area contributed by atoms with Crippen LogP contribution in [0.3, 0.4) is 0 Å². The molecule has 0 amide bonds. The number of thiophene rings is 1. The van der Waals surface area contributed by atoms with E-state index in [1.807, 2.05) is 17.5 Å². The van der Waals surface area contributed by atoms with Gasteiger partial charge in [-0.3, -0.25) is 0 Å². The van der Waals surface area contributed by atoms with E-state index >= 15 is 0 Å². The van der Waals surface area contributed by atoms with Gasteiger partial charge >= 0.3 is 5.97 Å². The molecule has 0 aromatic carbocycles. The van der Waals surface area contributed by atoms with Gasteiger partial charge in [-0.15, -0.1) is 11.3 Å². The summed E-state index contributed by atoms with van der Waals surface area (Å²) in [5.41, 5.74) is 0. The van der Waals surface area contributed by atoms with E-state index in [9.17, 15) is 4.79 Å². The van der Waals surface area contributed by atoms with E-state index < -0.39 is 12.0 Å². The molecule has 0 aliphatic carbocycles. The molecule has 2 N–H and O–H groups in total. The van der Waals surface area contributed by atoms with Gasteiger partial charge in [0.2, 0.25) is 0 Å². The minimum atomic E-state index is -0.902. The Morgan fingerprint density at radius 3 is 3.17 bits per heavy atom. The molecule has 0 saturated carbocycles. The highest BCUT2D eigenvalue weighted by atomic mass is 32.1. The molecule has 0 bridgehead atoms. The molecule has 5 nitrogen and oxygen atoms in total. The van der Waals surface area contributed by atoms with Crippen molar-refractivity contribution in [2.75, 3.05) is 19.0 Å².